The number of halogens is 1. The average Bonchev–Trinajstić information content (AvgIpc) is 2.69. The molecule has 0 aromatic heterocycles. The number of carbonyl (C=O) groups is 2. The van der Waals surface area contributed by atoms with Crippen LogP contribution >= 0.6 is 0 Å². The first kappa shape index (κ1) is 20.1. The molecule has 1 aliphatic heterocycles. The zero-order chi connectivity index (χ0) is 20.1. The summed E-state index contributed by atoms with van der Waals surface area (Å²) < 4.78 is 13.2. The van der Waals surface area contributed by atoms with Crippen LogP contribution in [0, 0.1) is 25.6 Å². The standard InChI is InChI=1S/C23H27FN2O2/c1-16-5-8-19(9-6-16)23(28)26-13-3-4-18(15-26)7-12-22(27)25-21-11-10-20(24)14-17(21)2/h5-6,8-11,14,18H,3-4,7,12-13,15H2,1-2H3,(H,25,27)/t18-/m0/s1. The van der Waals surface area contributed by atoms with Crippen LogP contribution in [0.5, 0.6) is 0 Å². The molecule has 2 amide bonds. The molecule has 28 heavy (non-hydrogen) atoms. The van der Waals surface area contributed by atoms with Gasteiger partial charge in [0.2, 0.25) is 5.91 Å². The fourth-order valence-electron chi connectivity index (χ4n) is 3.68. The van der Waals surface area contributed by atoms with E-state index in [-0.39, 0.29) is 17.6 Å². The van der Waals surface area contributed by atoms with E-state index in [1.165, 1.54) is 12.1 Å². The molecule has 3 rings (SSSR count). The lowest BCUT2D eigenvalue weighted by molar-refractivity contribution is -0.116. The van der Waals surface area contributed by atoms with Gasteiger partial charge in [-0.25, -0.2) is 4.39 Å². The van der Waals surface area contributed by atoms with E-state index in [2.05, 4.69) is 5.32 Å². The first-order chi connectivity index (χ1) is 13.4. The first-order valence-electron chi connectivity index (χ1n) is 9.84. The van der Waals surface area contributed by atoms with E-state index in [1.54, 1.807) is 13.0 Å². The second-order valence-electron chi connectivity index (χ2n) is 7.67. The normalized spacial score (nSPS) is 16.7. The van der Waals surface area contributed by atoms with Gasteiger partial charge in [0.1, 0.15) is 5.82 Å². The predicted octanol–water partition coefficient (Wildman–Crippen LogP) is 4.71. The van der Waals surface area contributed by atoms with Gasteiger partial charge in [0.05, 0.1) is 0 Å². The number of hydrogen-bond donors (Lipinski definition) is 1. The lowest BCUT2D eigenvalue weighted by Crippen LogP contribution is -2.40. The monoisotopic (exact) mass is 382 g/mol. The van der Waals surface area contributed by atoms with Crippen LogP contribution in [0.2, 0.25) is 0 Å². The molecule has 0 unspecified atom stereocenters. The maximum Gasteiger partial charge on any atom is 0.253 e. The molecule has 148 valence electrons. The van der Waals surface area contributed by atoms with Crippen LogP contribution in [0.3, 0.4) is 0 Å². The van der Waals surface area contributed by atoms with Crippen molar-refractivity contribution in [1.29, 1.82) is 0 Å². The molecule has 0 spiro atoms. The summed E-state index contributed by atoms with van der Waals surface area (Å²) in [5.74, 6) is 0.00651. The van der Waals surface area contributed by atoms with Gasteiger partial charge in [0.15, 0.2) is 0 Å². The second-order valence-corrected chi connectivity index (χ2v) is 7.67. The van der Waals surface area contributed by atoms with Gasteiger partial charge in [-0.1, -0.05) is 17.7 Å². The quantitative estimate of drug-likeness (QED) is 0.814. The second kappa shape index (κ2) is 9.00. The third-order valence-corrected chi connectivity index (χ3v) is 5.35. The number of benzene rings is 2. The number of nitrogens with zero attached hydrogens (tertiary/aromatic N) is 1. The fraction of sp³-hybridized carbons (Fsp3) is 0.391. The van der Waals surface area contributed by atoms with E-state index in [4.69, 9.17) is 0 Å². The van der Waals surface area contributed by atoms with Crippen molar-refractivity contribution in [3.63, 3.8) is 0 Å². The zero-order valence-corrected chi connectivity index (χ0v) is 16.5. The number of aryl methyl sites for hydroxylation is 2. The number of nitrogens with one attached hydrogen (secondary N) is 1. The lowest BCUT2D eigenvalue weighted by atomic mass is 9.92. The Bertz CT molecular complexity index is 848. The number of amides is 2. The molecule has 1 fully saturated rings. The van der Waals surface area contributed by atoms with Crippen molar-refractivity contribution in [3.8, 4) is 0 Å². The topological polar surface area (TPSA) is 49.4 Å². The van der Waals surface area contributed by atoms with Gasteiger partial charge in [-0.05, 0) is 74.9 Å². The number of carbonyl (C=O) groups excluding carboxylic acids is 2. The van der Waals surface area contributed by atoms with Crippen molar-refractivity contribution in [2.45, 2.75) is 39.5 Å². The Balaban J connectivity index is 1.51. The van der Waals surface area contributed by atoms with Crippen LogP contribution in [-0.4, -0.2) is 29.8 Å². The Morgan fingerprint density at radius 1 is 1.14 bits per heavy atom. The van der Waals surface area contributed by atoms with Crippen LogP contribution in [0.25, 0.3) is 0 Å². The van der Waals surface area contributed by atoms with Crippen LogP contribution in [-0.2, 0) is 4.79 Å². The third-order valence-electron chi connectivity index (χ3n) is 5.35. The smallest absolute Gasteiger partial charge is 0.253 e. The number of hydrogen-bond acceptors (Lipinski definition) is 2. The molecule has 1 aliphatic rings. The van der Waals surface area contributed by atoms with Gasteiger partial charge in [0, 0.05) is 30.8 Å². The molecule has 2 aromatic rings. The largest absolute Gasteiger partial charge is 0.338 e. The van der Waals surface area contributed by atoms with Crippen LogP contribution < -0.4 is 5.32 Å². The van der Waals surface area contributed by atoms with Crippen LogP contribution in [0.4, 0.5) is 10.1 Å². The highest BCUT2D eigenvalue weighted by atomic mass is 19.1. The Kier molecular flexibility index (Phi) is 6.45. The zero-order valence-electron chi connectivity index (χ0n) is 16.5. The SMILES string of the molecule is Cc1ccc(C(=O)N2CCC[C@@H](CCC(=O)Nc3ccc(F)cc3C)C2)cc1. The highest BCUT2D eigenvalue weighted by Gasteiger charge is 2.24. The van der Waals surface area contributed by atoms with E-state index in [0.717, 1.165) is 36.9 Å². The number of piperidine rings is 1. The molecule has 1 heterocycles. The average molecular weight is 382 g/mol. The summed E-state index contributed by atoms with van der Waals surface area (Å²) in [6.07, 6.45) is 3.12. The van der Waals surface area contributed by atoms with Crippen molar-refractivity contribution in [2.75, 3.05) is 18.4 Å². The molecule has 0 aliphatic carbocycles. The molecule has 1 saturated heterocycles. The maximum atomic E-state index is 13.2. The van der Waals surface area contributed by atoms with E-state index >= 15 is 0 Å². The van der Waals surface area contributed by atoms with Crippen LogP contribution in [0.15, 0.2) is 42.5 Å². The predicted molar refractivity (Wildman–Crippen MR) is 109 cm³/mol. The van der Waals surface area contributed by atoms with Crippen molar-refractivity contribution in [1.82, 2.24) is 4.90 Å². The number of rotatable bonds is 5. The Morgan fingerprint density at radius 3 is 2.61 bits per heavy atom. The Morgan fingerprint density at radius 2 is 1.89 bits per heavy atom. The summed E-state index contributed by atoms with van der Waals surface area (Å²) >= 11 is 0. The summed E-state index contributed by atoms with van der Waals surface area (Å²) in [5.41, 5.74) is 3.21. The number of anilines is 1. The molecular weight excluding hydrogens is 355 g/mol. The van der Waals surface area contributed by atoms with Crippen molar-refractivity contribution in [3.05, 3.63) is 65.0 Å². The van der Waals surface area contributed by atoms with Gasteiger partial charge < -0.3 is 10.2 Å². The summed E-state index contributed by atoms with van der Waals surface area (Å²) in [6.45, 7) is 5.23. The highest BCUT2D eigenvalue weighted by Crippen LogP contribution is 2.23. The summed E-state index contributed by atoms with van der Waals surface area (Å²) in [7, 11) is 0. The third kappa shape index (κ3) is 5.18. The molecule has 0 saturated carbocycles. The van der Waals surface area contributed by atoms with Gasteiger partial charge in [0.25, 0.3) is 5.91 Å². The first-order valence-corrected chi connectivity index (χ1v) is 9.84. The molecule has 1 N–H and O–H groups in total. The van der Waals surface area contributed by atoms with Crippen molar-refractivity contribution >= 4 is 17.5 Å². The summed E-state index contributed by atoms with van der Waals surface area (Å²) in [6, 6.07) is 12.0. The fourth-order valence-corrected chi connectivity index (χ4v) is 3.68. The molecule has 0 bridgehead atoms. The minimum absolute atomic E-state index is 0.0658. The Labute approximate surface area is 165 Å². The summed E-state index contributed by atoms with van der Waals surface area (Å²) in [4.78, 5) is 26.9. The van der Waals surface area contributed by atoms with Crippen molar-refractivity contribution < 1.29 is 14.0 Å². The van der Waals surface area contributed by atoms with Gasteiger partial charge in [-0.3, -0.25) is 9.59 Å². The minimum atomic E-state index is -0.309. The Hall–Kier alpha value is -2.69. The molecule has 4 nitrogen and oxygen atoms in total. The van der Waals surface area contributed by atoms with E-state index in [0.29, 0.717) is 30.1 Å². The molecule has 5 heteroatoms. The highest BCUT2D eigenvalue weighted by molar-refractivity contribution is 5.94. The lowest BCUT2D eigenvalue weighted by Gasteiger charge is -2.33. The molecular formula is C23H27FN2O2. The van der Waals surface area contributed by atoms with Gasteiger partial charge in [-0.15, -0.1) is 0 Å². The molecule has 1 atom stereocenters. The van der Waals surface area contributed by atoms with Crippen molar-refractivity contribution in [2.24, 2.45) is 5.92 Å². The van der Waals surface area contributed by atoms with E-state index in [9.17, 15) is 14.0 Å². The van der Waals surface area contributed by atoms with E-state index < -0.39 is 0 Å². The van der Waals surface area contributed by atoms with Crippen LogP contribution in [0.1, 0.15) is 47.2 Å². The maximum absolute atomic E-state index is 13.2. The number of likely N-dealkylation sites (tertiary alicyclic amines) is 1. The molecule has 2 aromatic carbocycles. The van der Waals surface area contributed by atoms with Gasteiger partial charge in [-0.2, -0.15) is 0 Å². The summed E-state index contributed by atoms with van der Waals surface area (Å²) in [5, 5.41) is 2.86. The van der Waals surface area contributed by atoms with Gasteiger partial charge >= 0.3 is 0 Å². The van der Waals surface area contributed by atoms with E-state index in [1.807, 2.05) is 36.1 Å². The minimum Gasteiger partial charge on any atom is -0.338 e. The molecule has 0 radical (unpaired) electrons.